The average Bonchev–Trinajstić information content (AvgIpc) is 2.83. The molecule has 0 bridgehead atoms. The molecule has 1 saturated carbocycles. The third kappa shape index (κ3) is 2.63. The highest BCUT2D eigenvalue weighted by Crippen LogP contribution is 2.47. The number of hydrogen-bond donors (Lipinski definition) is 1. The number of aromatic nitrogens is 1. The summed E-state index contributed by atoms with van der Waals surface area (Å²) in [6, 6.07) is 0. The van der Waals surface area contributed by atoms with Crippen molar-refractivity contribution in [1.82, 2.24) is 4.98 Å². The smallest absolute Gasteiger partial charge is 0.360 e. The molecule has 0 saturated heterocycles. The molecule has 0 amide bonds. The normalized spacial score (nSPS) is 18.5. The standard InChI is InChI=1S/C9H11F3N2S2/c1-15-8(2-3-8)5-14-7-13-4-6(16-7)9(10,11)12/h4H,2-3,5H2,1H3,(H,13,14). The first-order valence-corrected chi connectivity index (χ1v) is 6.81. The van der Waals surface area contributed by atoms with Gasteiger partial charge in [0, 0.05) is 11.3 Å². The fourth-order valence-electron chi connectivity index (χ4n) is 1.32. The number of alkyl halides is 3. The summed E-state index contributed by atoms with van der Waals surface area (Å²) in [5.74, 6) is 0. The van der Waals surface area contributed by atoms with Crippen LogP contribution >= 0.6 is 23.1 Å². The van der Waals surface area contributed by atoms with Gasteiger partial charge in [-0.25, -0.2) is 4.98 Å². The Bertz CT molecular complexity index is 371. The zero-order valence-electron chi connectivity index (χ0n) is 8.60. The molecule has 1 aromatic heterocycles. The van der Waals surface area contributed by atoms with E-state index in [0.29, 0.717) is 23.0 Å². The van der Waals surface area contributed by atoms with Gasteiger partial charge in [-0.3, -0.25) is 0 Å². The number of nitrogens with one attached hydrogen (secondary N) is 1. The van der Waals surface area contributed by atoms with Crippen LogP contribution in [-0.2, 0) is 6.18 Å². The molecule has 2 rings (SSSR count). The molecule has 0 aliphatic heterocycles. The SMILES string of the molecule is CSC1(CNc2ncc(C(F)(F)F)s2)CC1. The largest absolute Gasteiger partial charge is 0.427 e. The van der Waals surface area contributed by atoms with Crippen LogP contribution < -0.4 is 5.32 Å². The number of halogens is 3. The van der Waals surface area contributed by atoms with E-state index in [2.05, 4.69) is 10.3 Å². The second-order valence-corrected chi connectivity index (χ2v) is 6.07. The number of hydrogen-bond acceptors (Lipinski definition) is 4. The molecule has 1 fully saturated rings. The van der Waals surface area contributed by atoms with Gasteiger partial charge in [0.05, 0.1) is 6.20 Å². The highest BCUT2D eigenvalue weighted by atomic mass is 32.2. The van der Waals surface area contributed by atoms with Gasteiger partial charge in [0.2, 0.25) is 0 Å². The van der Waals surface area contributed by atoms with Gasteiger partial charge in [0.25, 0.3) is 0 Å². The van der Waals surface area contributed by atoms with E-state index in [9.17, 15) is 13.2 Å². The van der Waals surface area contributed by atoms with E-state index in [1.165, 1.54) is 0 Å². The van der Waals surface area contributed by atoms with Gasteiger partial charge < -0.3 is 5.32 Å². The topological polar surface area (TPSA) is 24.9 Å². The molecular formula is C9H11F3N2S2. The van der Waals surface area contributed by atoms with Crippen molar-refractivity contribution in [3.63, 3.8) is 0 Å². The molecule has 1 N–H and O–H groups in total. The Morgan fingerprint density at radius 2 is 2.25 bits per heavy atom. The summed E-state index contributed by atoms with van der Waals surface area (Å²) in [6.45, 7) is 0.693. The Morgan fingerprint density at radius 3 is 2.69 bits per heavy atom. The lowest BCUT2D eigenvalue weighted by Gasteiger charge is -2.11. The lowest BCUT2D eigenvalue weighted by Crippen LogP contribution is -2.17. The number of thioether (sulfide) groups is 1. The number of anilines is 1. The first-order valence-electron chi connectivity index (χ1n) is 4.77. The third-order valence-corrected chi connectivity index (χ3v) is 5.01. The van der Waals surface area contributed by atoms with E-state index in [-0.39, 0.29) is 4.75 Å². The summed E-state index contributed by atoms with van der Waals surface area (Å²) < 4.78 is 37.1. The van der Waals surface area contributed by atoms with Crippen LogP contribution in [0.2, 0.25) is 0 Å². The van der Waals surface area contributed by atoms with Crippen LogP contribution in [0.15, 0.2) is 6.20 Å². The van der Waals surface area contributed by atoms with Crippen molar-refractivity contribution in [2.45, 2.75) is 23.8 Å². The van der Waals surface area contributed by atoms with Gasteiger partial charge in [0.1, 0.15) is 4.88 Å². The predicted octanol–water partition coefficient (Wildman–Crippen LogP) is 3.47. The third-order valence-electron chi connectivity index (χ3n) is 2.59. The summed E-state index contributed by atoms with van der Waals surface area (Å²) in [7, 11) is 0. The van der Waals surface area contributed by atoms with Crippen LogP contribution in [0.3, 0.4) is 0 Å². The number of rotatable bonds is 4. The van der Waals surface area contributed by atoms with Crippen molar-refractivity contribution >= 4 is 28.2 Å². The minimum Gasteiger partial charge on any atom is -0.360 e. The van der Waals surface area contributed by atoms with Gasteiger partial charge in [-0.05, 0) is 19.1 Å². The van der Waals surface area contributed by atoms with Crippen LogP contribution in [0.4, 0.5) is 18.3 Å². The molecule has 0 spiro atoms. The molecule has 90 valence electrons. The molecule has 0 aromatic carbocycles. The van der Waals surface area contributed by atoms with Crippen LogP contribution in [0.25, 0.3) is 0 Å². The van der Waals surface area contributed by atoms with Gasteiger partial charge in [-0.1, -0.05) is 11.3 Å². The molecule has 7 heteroatoms. The minimum absolute atomic E-state index is 0.226. The first kappa shape index (κ1) is 12.0. The average molecular weight is 268 g/mol. The van der Waals surface area contributed by atoms with Crippen LogP contribution in [0.5, 0.6) is 0 Å². The van der Waals surface area contributed by atoms with E-state index in [1.54, 1.807) is 11.8 Å². The Balaban J connectivity index is 1.93. The first-order chi connectivity index (χ1) is 7.45. The zero-order valence-corrected chi connectivity index (χ0v) is 10.2. The molecule has 0 radical (unpaired) electrons. The molecule has 1 heterocycles. The molecule has 2 nitrogen and oxygen atoms in total. The van der Waals surface area contributed by atoms with E-state index < -0.39 is 11.1 Å². The lowest BCUT2D eigenvalue weighted by molar-refractivity contribution is -0.134. The van der Waals surface area contributed by atoms with Crippen molar-refractivity contribution in [2.24, 2.45) is 0 Å². The quantitative estimate of drug-likeness (QED) is 0.905. The second-order valence-electron chi connectivity index (χ2n) is 3.77. The molecule has 16 heavy (non-hydrogen) atoms. The van der Waals surface area contributed by atoms with Gasteiger partial charge in [-0.2, -0.15) is 24.9 Å². The molecule has 1 aliphatic carbocycles. The second kappa shape index (κ2) is 4.10. The Labute approximate surface area is 99.6 Å². The maximum Gasteiger partial charge on any atom is 0.427 e. The van der Waals surface area contributed by atoms with Crippen molar-refractivity contribution in [3.05, 3.63) is 11.1 Å². The zero-order chi connectivity index (χ0) is 11.8. The van der Waals surface area contributed by atoms with Crippen LogP contribution in [0, 0.1) is 0 Å². The molecule has 1 aromatic rings. The van der Waals surface area contributed by atoms with Crippen LogP contribution in [-0.4, -0.2) is 22.5 Å². The predicted molar refractivity (Wildman–Crippen MR) is 61.1 cm³/mol. The van der Waals surface area contributed by atoms with E-state index >= 15 is 0 Å². The Hall–Kier alpha value is -0.430. The molecule has 0 atom stereocenters. The monoisotopic (exact) mass is 268 g/mol. The minimum atomic E-state index is -4.28. The highest BCUT2D eigenvalue weighted by molar-refractivity contribution is 8.00. The van der Waals surface area contributed by atoms with Crippen molar-refractivity contribution in [3.8, 4) is 0 Å². The Morgan fingerprint density at radius 1 is 1.56 bits per heavy atom. The Kier molecular flexibility index (Phi) is 3.09. The molecule has 0 unspecified atom stereocenters. The van der Waals surface area contributed by atoms with E-state index in [4.69, 9.17) is 0 Å². The van der Waals surface area contributed by atoms with Crippen LogP contribution in [0.1, 0.15) is 17.7 Å². The van der Waals surface area contributed by atoms with Gasteiger partial charge in [-0.15, -0.1) is 0 Å². The molecular weight excluding hydrogens is 257 g/mol. The summed E-state index contributed by atoms with van der Waals surface area (Å²) >= 11 is 2.42. The van der Waals surface area contributed by atoms with E-state index in [1.807, 2.05) is 6.26 Å². The summed E-state index contributed by atoms with van der Waals surface area (Å²) in [5, 5.41) is 3.33. The number of nitrogens with zero attached hydrogens (tertiary/aromatic N) is 1. The van der Waals surface area contributed by atoms with Crippen molar-refractivity contribution in [2.75, 3.05) is 18.1 Å². The van der Waals surface area contributed by atoms with Gasteiger partial charge >= 0.3 is 6.18 Å². The summed E-state index contributed by atoms with van der Waals surface area (Å²) in [5.41, 5.74) is 0. The fraction of sp³-hybridized carbons (Fsp3) is 0.667. The van der Waals surface area contributed by atoms with Crippen molar-refractivity contribution < 1.29 is 13.2 Å². The molecule has 1 aliphatic rings. The maximum atomic E-state index is 12.3. The highest BCUT2D eigenvalue weighted by Gasteiger charge is 2.42. The summed E-state index contributed by atoms with van der Waals surface area (Å²) in [4.78, 5) is 3.08. The maximum absolute atomic E-state index is 12.3. The number of thiazole rings is 1. The fourth-order valence-corrected chi connectivity index (χ4v) is 2.72. The van der Waals surface area contributed by atoms with E-state index in [0.717, 1.165) is 19.0 Å². The van der Waals surface area contributed by atoms with Gasteiger partial charge in [0.15, 0.2) is 5.13 Å². The van der Waals surface area contributed by atoms with Crippen molar-refractivity contribution in [1.29, 1.82) is 0 Å². The summed E-state index contributed by atoms with van der Waals surface area (Å²) in [6.07, 6.45) is 0.870. The lowest BCUT2D eigenvalue weighted by atomic mass is 10.4.